The molecule has 0 bridgehead atoms. The SMILES string of the molecule is COCC(C)N(C)C(CN)c1ccccc1Br. The van der Waals surface area contributed by atoms with E-state index in [0.717, 1.165) is 4.47 Å². The van der Waals surface area contributed by atoms with Crippen LogP contribution >= 0.6 is 15.9 Å². The summed E-state index contributed by atoms with van der Waals surface area (Å²) in [5.74, 6) is 0. The Kier molecular flexibility index (Phi) is 6.12. The van der Waals surface area contributed by atoms with Gasteiger partial charge in [0.05, 0.1) is 6.61 Å². The first-order chi connectivity index (χ1) is 8.11. The van der Waals surface area contributed by atoms with Crippen LogP contribution in [0.1, 0.15) is 18.5 Å². The second-order valence-electron chi connectivity index (χ2n) is 4.24. The lowest BCUT2D eigenvalue weighted by atomic mass is 10.0. The third-order valence-electron chi connectivity index (χ3n) is 3.08. The Morgan fingerprint density at radius 2 is 2.06 bits per heavy atom. The Balaban J connectivity index is 2.88. The van der Waals surface area contributed by atoms with Crippen LogP contribution < -0.4 is 5.73 Å². The summed E-state index contributed by atoms with van der Waals surface area (Å²) in [4.78, 5) is 2.25. The maximum atomic E-state index is 5.91. The zero-order valence-corrected chi connectivity index (χ0v) is 12.3. The average molecular weight is 301 g/mol. The Bertz CT molecular complexity index is 346. The van der Waals surface area contributed by atoms with Crippen LogP contribution in [0.3, 0.4) is 0 Å². The Labute approximate surface area is 112 Å². The molecule has 17 heavy (non-hydrogen) atoms. The van der Waals surface area contributed by atoms with E-state index in [1.54, 1.807) is 7.11 Å². The highest BCUT2D eigenvalue weighted by atomic mass is 79.9. The van der Waals surface area contributed by atoms with Crippen molar-refractivity contribution in [2.45, 2.75) is 19.0 Å². The van der Waals surface area contributed by atoms with Crippen LogP contribution in [0.15, 0.2) is 28.7 Å². The molecule has 4 heteroatoms. The van der Waals surface area contributed by atoms with Crippen molar-refractivity contribution in [3.63, 3.8) is 0 Å². The molecule has 96 valence electrons. The quantitative estimate of drug-likeness (QED) is 0.877. The Morgan fingerprint density at radius 1 is 1.41 bits per heavy atom. The summed E-state index contributed by atoms with van der Waals surface area (Å²) < 4.78 is 6.29. The minimum absolute atomic E-state index is 0.204. The van der Waals surface area contributed by atoms with E-state index in [-0.39, 0.29) is 6.04 Å². The third kappa shape index (κ3) is 3.78. The fourth-order valence-corrected chi connectivity index (χ4v) is 2.47. The first-order valence-corrected chi connectivity index (χ1v) is 6.56. The van der Waals surface area contributed by atoms with E-state index in [9.17, 15) is 0 Å². The van der Waals surface area contributed by atoms with Crippen LogP contribution in [0.25, 0.3) is 0 Å². The maximum absolute atomic E-state index is 5.91. The molecule has 2 N–H and O–H groups in total. The van der Waals surface area contributed by atoms with Crippen molar-refractivity contribution in [1.82, 2.24) is 4.90 Å². The number of hydrogen-bond donors (Lipinski definition) is 1. The fraction of sp³-hybridized carbons (Fsp3) is 0.538. The summed E-state index contributed by atoms with van der Waals surface area (Å²) in [7, 11) is 3.81. The van der Waals surface area contributed by atoms with E-state index >= 15 is 0 Å². The summed E-state index contributed by atoms with van der Waals surface area (Å²) >= 11 is 3.58. The molecular weight excluding hydrogens is 280 g/mol. The second kappa shape index (κ2) is 7.11. The molecule has 0 aliphatic rings. The first kappa shape index (κ1) is 14.6. The number of ether oxygens (including phenoxy) is 1. The van der Waals surface area contributed by atoms with E-state index < -0.39 is 0 Å². The predicted octanol–water partition coefficient (Wildman–Crippen LogP) is 2.42. The van der Waals surface area contributed by atoms with Gasteiger partial charge in [-0.3, -0.25) is 4.90 Å². The second-order valence-corrected chi connectivity index (χ2v) is 5.10. The van der Waals surface area contributed by atoms with Crippen LogP contribution in [-0.2, 0) is 4.74 Å². The van der Waals surface area contributed by atoms with Crippen molar-refractivity contribution < 1.29 is 4.74 Å². The van der Waals surface area contributed by atoms with Gasteiger partial charge < -0.3 is 10.5 Å². The minimum atomic E-state index is 0.204. The van der Waals surface area contributed by atoms with Crippen molar-refractivity contribution in [2.24, 2.45) is 5.73 Å². The molecule has 0 saturated heterocycles. The van der Waals surface area contributed by atoms with Gasteiger partial charge in [-0.15, -0.1) is 0 Å². The largest absolute Gasteiger partial charge is 0.383 e. The number of benzene rings is 1. The molecule has 0 radical (unpaired) electrons. The lowest BCUT2D eigenvalue weighted by molar-refractivity contribution is 0.0908. The average Bonchev–Trinajstić information content (AvgIpc) is 2.32. The lowest BCUT2D eigenvalue weighted by Crippen LogP contribution is -2.39. The number of halogens is 1. The number of nitrogens with two attached hydrogens (primary N) is 1. The molecule has 0 spiro atoms. The van der Waals surface area contributed by atoms with Crippen molar-refractivity contribution in [3.8, 4) is 0 Å². The molecule has 0 aliphatic heterocycles. The van der Waals surface area contributed by atoms with Gasteiger partial charge >= 0.3 is 0 Å². The van der Waals surface area contributed by atoms with Crippen LogP contribution in [-0.4, -0.2) is 38.3 Å². The van der Waals surface area contributed by atoms with Crippen LogP contribution in [0.2, 0.25) is 0 Å². The molecule has 0 aromatic heterocycles. The van der Waals surface area contributed by atoms with Gasteiger partial charge in [0.1, 0.15) is 0 Å². The highest BCUT2D eigenvalue weighted by Crippen LogP contribution is 2.27. The highest BCUT2D eigenvalue weighted by Gasteiger charge is 2.21. The molecule has 0 saturated carbocycles. The van der Waals surface area contributed by atoms with Gasteiger partial charge in [0, 0.05) is 30.2 Å². The molecule has 1 aromatic rings. The van der Waals surface area contributed by atoms with Gasteiger partial charge in [0.15, 0.2) is 0 Å². The summed E-state index contributed by atoms with van der Waals surface area (Å²) in [6, 6.07) is 8.75. The van der Waals surface area contributed by atoms with Gasteiger partial charge in [-0.05, 0) is 25.6 Å². The molecule has 0 heterocycles. The first-order valence-electron chi connectivity index (χ1n) is 5.77. The van der Waals surface area contributed by atoms with E-state index in [2.05, 4.69) is 40.9 Å². The van der Waals surface area contributed by atoms with E-state index in [0.29, 0.717) is 19.2 Å². The smallest absolute Gasteiger partial charge is 0.0615 e. The molecule has 3 nitrogen and oxygen atoms in total. The van der Waals surface area contributed by atoms with Crippen molar-refractivity contribution in [2.75, 3.05) is 27.3 Å². The topological polar surface area (TPSA) is 38.5 Å². The fourth-order valence-electron chi connectivity index (χ4n) is 1.92. The predicted molar refractivity (Wildman–Crippen MR) is 75.0 cm³/mol. The molecular formula is C13H21BrN2O. The van der Waals surface area contributed by atoms with E-state index in [1.807, 2.05) is 18.2 Å². The molecule has 0 amide bonds. The Morgan fingerprint density at radius 3 is 2.59 bits per heavy atom. The molecule has 2 atom stereocenters. The van der Waals surface area contributed by atoms with Crippen LogP contribution in [0.5, 0.6) is 0 Å². The number of likely N-dealkylation sites (N-methyl/N-ethyl adjacent to an activating group) is 1. The minimum Gasteiger partial charge on any atom is -0.383 e. The van der Waals surface area contributed by atoms with E-state index in [1.165, 1.54) is 5.56 Å². The molecule has 1 aromatic carbocycles. The van der Waals surface area contributed by atoms with Gasteiger partial charge in [-0.2, -0.15) is 0 Å². The standard InChI is InChI=1S/C13H21BrN2O/c1-10(9-17-3)16(2)13(8-15)11-6-4-5-7-12(11)14/h4-7,10,13H,8-9,15H2,1-3H3. The van der Waals surface area contributed by atoms with Crippen LogP contribution in [0, 0.1) is 0 Å². The highest BCUT2D eigenvalue weighted by molar-refractivity contribution is 9.10. The summed E-state index contributed by atoms with van der Waals surface area (Å²) in [6.07, 6.45) is 0. The zero-order chi connectivity index (χ0) is 12.8. The number of rotatable bonds is 6. The third-order valence-corrected chi connectivity index (χ3v) is 3.80. The van der Waals surface area contributed by atoms with Crippen LogP contribution in [0.4, 0.5) is 0 Å². The molecule has 0 fully saturated rings. The number of nitrogens with zero attached hydrogens (tertiary/aromatic N) is 1. The van der Waals surface area contributed by atoms with Gasteiger partial charge in [-0.25, -0.2) is 0 Å². The molecule has 0 aliphatic carbocycles. The van der Waals surface area contributed by atoms with Crippen molar-refractivity contribution >= 4 is 15.9 Å². The normalized spacial score (nSPS) is 14.9. The summed E-state index contributed by atoms with van der Waals surface area (Å²) in [5, 5.41) is 0. The maximum Gasteiger partial charge on any atom is 0.0615 e. The van der Waals surface area contributed by atoms with Crippen molar-refractivity contribution in [1.29, 1.82) is 0 Å². The summed E-state index contributed by atoms with van der Waals surface area (Å²) in [6.45, 7) is 3.44. The number of methoxy groups -OCH3 is 1. The number of hydrogen-bond acceptors (Lipinski definition) is 3. The van der Waals surface area contributed by atoms with Crippen molar-refractivity contribution in [3.05, 3.63) is 34.3 Å². The van der Waals surface area contributed by atoms with Gasteiger partial charge in [-0.1, -0.05) is 34.1 Å². The lowest BCUT2D eigenvalue weighted by Gasteiger charge is -2.32. The van der Waals surface area contributed by atoms with Gasteiger partial charge in [0.2, 0.25) is 0 Å². The Hall–Kier alpha value is -0.420. The van der Waals surface area contributed by atoms with E-state index in [4.69, 9.17) is 10.5 Å². The summed E-state index contributed by atoms with van der Waals surface area (Å²) in [5.41, 5.74) is 7.13. The molecule has 1 rings (SSSR count). The molecule has 2 unspecified atom stereocenters. The zero-order valence-electron chi connectivity index (χ0n) is 10.7. The monoisotopic (exact) mass is 300 g/mol. The van der Waals surface area contributed by atoms with Gasteiger partial charge in [0.25, 0.3) is 0 Å².